The zero-order valence-electron chi connectivity index (χ0n) is 24.7. The van der Waals surface area contributed by atoms with Gasteiger partial charge in [-0.1, -0.05) is 84.9 Å². The third-order valence-electron chi connectivity index (χ3n) is 9.27. The lowest BCUT2D eigenvalue weighted by atomic mass is 10.0. The summed E-state index contributed by atoms with van der Waals surface area (Å²) in [5.74, 6) is 0. The van der Waals surface area contributed by atoms with Gasteiger partial charge in [-0.15, -0.1) is 0 Å². The molecule has 0 radical (unpaired) electrons. The van der Waals surface area contributed by atoms with E-state index in [0.29, 0.717) is 0 Å². The van der Waals surface area contributed by atoms with Gasteiger partial charge in [-0.3, -0.25) is 9.97 Å². The highest BCUT2D eigenvalue weighted by atomic mass is 16.3. The van der Waals surface area contributed by atoms with Gasteiger partial charge in [-0.25, -0.2) is 0 Å². The van der Waals surface area contributed by atoms with Gasteiger partial charge >= 0.3 is 0 Å². The van der Waals surface area contributed by atoms with Crippen LogP contribution < -0.4 is 0 Å². The summed E-state index contributed by atoms with van der Waals surface area (Å²) >= 11 is 0. The number of fused-ring (bicyclic) bond motifs is 8. The minimum Gasteiger partial charge on any atom is -0.456 e. The zero-order chi connectivity index (χ0) is 30.2. The van der Waals surface area contributed by atoms with E-state index in [-0.39, 0.29) is 0 Å². The molecule has 0 atom stereocenters. The number of para-hydroxylation sites is 1. The van der Waals surface area contributed by atoms with E-state index in [9.17, 15) is 0 Å². The van der Waals surface area contributed by atoms with Gasteiger partial charge in [0.2, 0.25) is 0 Å². The second kappa shape index (κ2) is 9.62. The SMILES string of the molecule is c1ccc(-c2ccc3c(c2)c2cc4ccccc4cc2n3-c2ccc(-c3ccc4c(c3)oc3ccccc34)c3nccnc23)cc1. The van der Waals surface area contributed by atoms with E-state index < -0.39 is 0 Å². The standard InChI is InChI=1S/C42H25N3O/c1-2-8-26(9-3-1)29-15-18-36-34(23-29)35-22-27-10-4-5-11-28(27)24-38(35)45(36)37-19-17-31(41-42(37)44-21-20-43-41)30-14-16-33-32-12-6-7-13-39(32)46-40(33)25-30/h1-25H. The molecule has 3 heterocycles. The maximum absolute atomic E-state index is 6.24. The van der Waals surface area contributed by atoms with Crippen LogP contribution >= 0.6 is 0 Å². The fraction of sp³-hybridized carbons (Fsp3) is 0. The lowest BCUT2D eigenvalue weighted by Gasteiger charge is -2.14. The zero-order valence-corrected chi connectivity index (χ0v) is 24.7. The smallest absolute Gasteiger partial charge is 0.136 e. The fourth-order valence-electron chi connectivity index (χ4n) is 7.12. The largest absolute Gasteiger partial charge is 0.456 e. The van der Waals surface area contributed by atoms with Gasteiger partial charge < -0.3 is 8.98 Å². The summed E-state index contributed by atoms with van der Waals surface area (Å²) in [6.45, 7) is 0. The maximum Gasteiger partial charge on any atom is 0.136 e. The van der Waals surface area contributed by atoms with Crippen LogP contribution in [0.15, 0.2) is 156 Å². The number of benzene rings is 7. The van der Waals surface area contributed by atoms with Crippen LogP contribution in [0.5, 0.6) is 0 Å². The molecule has 214 valence electrons. The van der Waals surface area contributed by atoms with Crippen LogP contribution in [0.1, 0.15) is 0 Å². The Morgan fingerprint density at radius 3 is 2.04 bits per heavy atom. The van der Waals surface area contributed by atoms with Crippen LogP contribution in [0.3, 0.4) is 0 Å². The Balaban J connectivity index is 1.24. The first-order valence-electron chi connectivity index (χ1n) is 15.5. The molecule has 4 nitrogen and oxygen atoms in total. The van der Waals surface area contributed by atoms with Gasteiger partial charge in [0.25, 0.3) is 0 Å². The molecule has 0 N–H and O–H groups in total. The van der Waals surface area contributed by atoms with Crippen molar-refractivity contribution < 1.29 is 4.42 Å². The van der Waals surface area contributed by atoms with E-state index in [0.717, 1.165) is 60.8 Å². The number of nitrogens with zero attached hydrogens (tertiary/aromatic N) is 3. The molecule has 7 aromatic carbocycles. The highest BCUT2D eigenvalue weighted by molar-refractivity contribution is 6.15. The van der Waals surface area contributed by atoms with E-state index in [1.165, 1.54) is 32.7 Å². The van der Waals surface area contributed by atoms with Gasteiger partial charge in [0, 0.05) is 39.5 Å². The molecule has 10 rings (SSSR count). The number of rotatable bonds is 3. The molecule has 0 aliphatic heterocycles. The van der Waals surface area contributed by atoms with E-state index in [1.807, 2.05) is 18.2 Å². The van der Waals surface area contributed by atoms with Crippen LogP contribution in [0, 0.1) is 0 Å². The summed E-state index contributed by atoms with van der Waals surface area (Å²) in [5, 5.41) is 7.08. The molecule has 0 aliphatic rings. The molecule has 0 aliphatic carbocycles. The third-order valence-corrected chi connectivity index (χ3v) is 9.27. The normalized spacial score (nSPS) is 11.9. The Morgan fingerprint density at radius 1 is 0.435 bits per heavy atom. The molecular formula is C42H25N3O. The Labute approximate surface area is 263 Å². The van der Waals surface area contributed by atoms with Crippen molar-refractivity contribution in [3.8, 4) is 27.9 Å². The monoisotopic (exact) mass is 587 g/mol. The van der Waals surface area contributed by atoms with Crippen molar-refractivity contribution in [1.82, 2.24) is 14.5 Å². The van der Waals surface area contributed by atoms with Crippen LogP contribution in [0.25, 0.3) is 93.5 Å². The highest BCUT2D eigenvalue weighted by Gasteiger charge is 2.19. The van der Waals surface area contributed by atoms with E-state index >= 15 is 0 Å². The first-order chi connectivity index (χ1) is 22.8. The number of hydrogen-bond acceptors (Lipinski definition) is 3. The molecule has 46 heavy (non-hydrogen) atoms. The van der Waals surface area contributed by atoms with Gasteiger partial charge in [-0.05, 0) is 82.1 Å². The predicted molar refractivity (Wildman–Crippen MR) is 190 cm³/mol. The minimum atomic E-state index is 0.851. The van der Waals surface area contributed by atoms with Crippen LogP contribution in [0.2, 0.25) is 0 Å². The molecular weight excluding hydrogens is 562 g/mol. The molecule has 10 aromatic rings. The number of aromatic nitrogens is 3. The molecule has 0 bridgehead atoms. The van der Waals surface area contributed by atoms with E-state index in [1.54, 1.807) is 12.4 Å². The molecule has 0 amide bonds. The quantitative estimate of drug-likeness (QED) is 0.207. The van der Waals surface area contributed by atoms with Crippen LogP contribution in [0.4, 0.5) is 0 Å². The Kier molecular flexibility index (Phi) is 5.25. The van der Waals surface area contributed by atoms with Gasteiger partial charge in [-0.2, -0.15) is 0 Å². The van der Waals surface area contributed by atoms with Crippen molar-refractivity contribution in [2.75, 3.05) is 0 Å². The molecule has 0 unspecified atom stereocenters. The Hall–Kier alpha value is -6.26. The van der Waals surface area contributed by atoms with E-state index in [4.69, 9.17) is 14.4 Å². The molecule has 3 aromatic heterocycles. The topological polar surface area (TPSA) is 43.9 Å². The van der Waals surface area contributed by atoms with Crippen molar-refractivity contribution in [2.45, 2.75) is 0 Å². The number of hydrogen-bond donors (Lipinski definition) is 0. The van der Waals surface area contributed by atoms with Gasteiger partial charge in [0.05, 0.1) is 22.2 Å². The van der Waals surface area contributed by atoms with E-state index in [2.05, 4.69) is 126 Å². The summed E-state index contributed by atoms with van der Waals surface area (Å²) < 4.78 is 8.60. The summed E-state index contributed by atoms with van der Waals surface area (Å²) in [4.78, 5) is 9.86. The van der Waals surface area contributed by atoms with Crippen molar-refractivity contribution in [3.63, 3.8) is 0 Å². The highest BCUT2D eigenvalue weighted by Crippen LogP contribution is 2.40. The summed E-state index contributed by atoms with van der Waals surface area (Å²) in [5.41, 5.74) is 11.2. The lowest BCUT2D eigenvalue weighted by Crippen LogP contribution is -1.99. The first kappa shape index (κ1) is 25.1. The second-order valence-electron chi connectivity index (χ2n) is 11.8. The predicted octanol–water partition coefficient (Wildman–Crippen LogP) is 11.1. The molecule has 0 saturated heterocycles. The number of furan rings is 1. The minimum absolute atomic E-state index is 0.851. The Morgan fingerprint density at radius 2 is 1.15 bits per heavy atom. The summed E-state index contributed by atoms with van der Waals surface area (Å²) in [6.07, 6.45) is 3.57. The summed E-state index contributed by atoms with van der Waals surface area (Å²) in [6, 6.07) is 49.5. The molecule has 0 fully saturated rings. The molecule has 0 saturated carbocycles. The fourth-order valence-corrected chi connectivity index (χ4v) is 7.12. The van der Waals surface area contributed by atoms with Crippen LogP contribution in [-0.2, 0) is 0 Å². The van der Waals surface area contributed by atoms with Crippen LogP contribution in [-0.4, -0.2) is 14.5 Å². The average Bonchev–Trinajstić information content (AvgIpc) is 3.65. The van der Waals surface area contributed by atoms with Gasteiger partial charge in [0.15, 0.2) is 0 Å². The molecule has 4 heteroatoms. The van der Waals surface area contributed by atoms with Crippen molar-refractivity contribution in [1.29, 1.82) is 0 Å². The first-order valence-corrected chi connectivity index (χ1v) is 15.5. The lowest BCUT2D eigenvalue weighted by molar-refractivity contribution is 0.669. The van der Waals surface area contributed by atoms with Gasteiger partial charge in [0.1, 0.15) is 16.7 Å². The van der Waals surface area contributed by atoms with Crippen molar-refractivity contribution >= 4 is 65.6 Å². The molecule has 0 spiro atoms. The second-order valence-corrected chi connectivity index (χ2v) is 11.8. The maximum atomic E-state index is 6.24. The average molecular weight is 588 g/mol. The Bertz CT molecular complexity index is 2810. The van der Waals surface area contributed by atoms with Crippen molar-refractivity contribution in [3.05, 3.63) is 152 Å². The third kappa shape index (κ3) is 3.67. The summed E-state index contributed by atoms with van der Waals surface area (Å²) in [7, 11) is 0. The van der Waals surface area contributed by atoms with Crippen molar-refractivity contribution in [2.24, 2.45) is 0 Å².